The summed E-state index contributed by atoms with van der Waals surface area (Å²) in [4.78, 5) is 13.3. The molecule has 0 aliphatic heterocycles. The van der Waals surface area contributed by atoms with Crippen LogP contribution in [0.15, 0.2) is 0 Å². The van der Waals surface area contributed by atoms with Crippen molar-refractivity contribution in [3.05, 3.63) is 5.01 Å². The molecule has 0 fully saturated rings. The van der Waals surface area contributed by atoms with Crippen LogP contribution in [0, 0.1) is 0 Å². The third-order valence-electron chi connectivity index (χ3n) is 1.86. The highest BCUT2D eigenvalue weighted by molar-refractivity contribution is 7.17. The third kappa shape index (κ3) is 2.87. The van der Waals surface area contributed by atoms with Crippen LogP contribution in [0.4, 0.5) is 5.13 Å². The monoisotopic (exact) mass is 230 g/mol. The summed E-state index contributed by atoms with van der Waals surface area (Å²) in [5.74, 6) is -0.189. The number of hydrogen-bond acceptors (Lipinski definition) is 6. The first-order valence-corrected chi connectivity index (χ1v) is 5.46. The Morgan fingerprint density at radius 1 is 1.60 bits per heavy atom. The zero-order valence-corrected chi connectivity index (χ0v) is 9.54. The second kappa shape index (κ2) is 5.62. The topological polar surface area (TPSA) is 78.3 Å². The van der Waals surface area contributed by atoms with Crippen molar-refractivity contribution in [2.45, 2.75) is 6.92 Å². The maximum absolute atomic E-state index is 11.8. The number of nitrogens with one attached hydrogen (secondary N) is 1. The second-order valence-corrected chi connectivity index (χ2v) is 3.75. The van der Waals surface area contributed by atoms with E-state index < -0.39 is 0 Å². The third-order valence-corrected chi connectivity index (χ3v) is 2.79. The highest BCUT2D eigenvalue weighted by atomic mass is 32.1. The number of aliphatic hydroxyl groups excluding tert-OH is 1. The molecule has 0 bridgehead atoms. The normalized spacial score (nSPS) is 10.1. The molecule has 1 amide bonds. The van der Waals surface area contributed by atoms with Gasteiger partial charge in [0.1, 0.15) is 0 Å². The molecule has 6 nitrogen and oxygen atoms in total. The van der Waals surface area contributed by atoms with E-state index in [0.29, 0.717) is 23.2 Å². The van der Waals surface area contributed by atoms with Crippen LogP contribution in [0.3, 0.4) is 0 Å². The van der Waals surface area contributed by atoms with E-state index >= 15 is 0 Å². The summed E-state index contributed by atoms with van der Waals surface area (Å²) in [6.45, 7) is 2.68. The van der Waals surface area contributed by atoms with Gasteiger partial charge in [-0.3, -0.25) is 4.79 Å². The lowest BCUT2D eigenvalue weighted by Gasteiger charge is -2.17. The largest absolute Gasteiger partial charge is 0.395 e. The number of hydrogen-bond donors (Lipinski definition) is 2. The van der Waals surface area contributed by atoms with Crippen LogP contribution in [-0.2, 0) is 0 Å². The molecule has 15 heavy (non-hydrogen) atoms. The molecule has 1 aromatic heterocycles. The van der Waals surface area contributed by atoms with Crippen molar-refractivity contribution >= 4 is 22.4 Å². The molecule has 0 radical (unpaired) electrons. The number of aromatic nitrogens is 2. The lowest BCUT2D eigenvalue weighted by molar-refractivity contribution is 0.0731. The quantitative estimate of drug-likeness (QED) is 0.746. The zero-order valence-electron chi connectivity index (χ0n) is 8.73. The Bertz CT molecular complexity index is 328. The number of anilines is 1. The standard InChI is InChI=1S/C8H14N4O2S/c1-3-12(4-5-13)7(14)6-10-11-8(9-2)15-6/h13H,3-5H2,1-2H3,(H,9,11). The minimum atomic E-state index is -0.189. The molecule has 1 rings (SSSR count). The summed E-state index contributed by atoms with van der Waals surface area (Å²) < 4.78 is 0. The Kier molecular flexibility index (Phi) is 4.44. The van der Waals surface area contributed by atoms with Gasteiger partial charge < -0.3 is 15.3 Å². The molecule has 0 spiro atoms. The predicted molar refractivity (Wildman–Crippen MR) is 58.1 cm³/mol. The molecule has 1 heterocycles. The first kappa shape index (κ1) is 11.9. The zero-order chi connectivity index (χ0) is 11.3. The lowest BCUT2D eigenvalue weighted by atomic mass is 10.4. The van der Waals surface area contributed by atoms with Gasteiger partial charge >= 0.3 is 0 Å². The average Bonchev–Trinajstić information content (AvgIpc) is 2.73. The van der Waals surface area contributed by atoms with E-state index in [1.54, 1.807) is 7.05 Å². The van der Waals surface area contributed by atoms with Gasteiger partial charge in [-0.15, -0.1) is 10.2 Å². The van der Waals surface area contributed by atoms with Crippen molar-refractivity contribution in [1.82, 2.24) is 15.1 Å². The van der Waals surface area contributed by atoms with Crippen molar-refractivity contribution < 1.29 is 9.90 Å². The van der Waals surface area contributed by atoms with Crippen LogP contribution in [0.5, 0.6) is 0 Å². The van der Waals surface area contributed by atoms with E-state index in [4.69, 9.17) is 5.11 Å². The predicted octanol–water partition coefficient (Wildman–Crippen LogP) is 0.0342. The molecule has 0 aliphatic rings. The lowest BCUT2D eigenvalue weighted by Crippen LogP contribution is -2.33. The summed E-state index contributed by atoms with van der Waals surface area (Å²) in [6.07, 6.45) is 0. The molecule has 0 atom stereocenters. The first-order chi connectivity index (χ1) is 7.22. The summed E-state index contributed by atoms with van der Waals surface area (Å²) in [5, 5.41) is 20.1. The van der Waals surface area contributed by atoms with Gasteiger partial charge in [0, 0.05) is 20.1 Å². The molecular formula is C8H14N4O2S. The van der Waals surface area contributed by atoms with E-state index in [9.17, 15) is 4.79 Å². The number of nitrogens with zero attached hydrogens (tertiary/aromatic N) is 3. The molecule has 0 aliphatic carbocycles. The van der Waals surface area contributed by atoms with E-state index in [1.165, 1.54) is 16.2 Å². The fourth-order valence-corrected chi connectivity index (χ4v) is 1.73. The fraction of sp³-hybridized carbons (Fsp3) is 0.625. The number of carbonyl (C=O) groups is 1. The molecule has 7 heteroatoms. The number of aliphatic hydroxyl groups is 1. The van der Waals surface area contributed by atoms with E-state index in [2.05, 4.69) is 15.5 Å². The molecule has 0 unspecified atom stereocenters. The van der Waals surface area contributed by atoms with E-state index in [-0.39, 0.29) is 12.5 Å². The van der Waals surface area contributed by atoms with Crippen LogP contribution in [0.1, 0.15) is 16.7 Å². The summed E-state index contributed by atoms with van der Waals surface area (Å²) in [7, 11) is 1.72. The van der Waals surface area contributed by atoms with Crippen LogP contribution in [0.2, 0.25) is 0 Å². The maximum Gasteiger partial charge on any atom is 0.284 e. The smallest absolute Gasteiger partial charge is 0.284 e. The molecule has 84 valence electrons. The van der Waals surface area contributed by atoms with E-state index in [0.717, 1.165) is 0 Å². The van der Waals surface area contributed by atoms with Crippen LogP contribution >= 0.6 is 11.3 Å². The Morgan fingerprint density at radius 3 is 2.80 bits per heavy atom. The molecule has 2 N–H and O–H groups in total. The second-order valence-electron chi connectivity index (χ2n) is 2.77. The van der Waals surface area contributed by atoms with Gasteiger partial charge in [-0.25, -0.2) is 0 Å². The van der Waals surface area contributed by atoms with Crippen molar-refractivity contribution in [3.63, 3.8) is 0 Å². The van der Waals surface area contributed by atoms with Gasteiger partial charge in [0.25, 0.3) is 5.91 Å². The number of amides is 1. The number of rotatable bonds is 5. The Balaban J connectivity index is 2.73. The Labute approximate surface area is 91.9 Å². The van der Waals surface area contributed by atoms with Gasteiger partial charge in [-0.05, 0) is 6.92 Å². The Hall–Kier alpha value is -1.21. The average molecular weight is 230 g/mol. The minimum absolute atomic E-state index is 0.0444. The van der Waals surface area contributed by atoms with Gasteiger partial charge in [-0.1, -0.05) is 11.3 Å². The molecular weight excluding hydrogens is 216 g/mol. The Morgan fingerprint density at radius 2 is 2.33 bits per heavy atom. The summed E-state index contributed by atoms with van der Waals surface area (Å²) >= 11 is 1.20. The van der Waals surface area contributed by atoms with Crippen molar-refractivity contribution in [2.75, 3.05) is 32.1 Å². The van der Waals surface area contributed by atoms with Gasteiger partial charge in [-0.2, -0.15) is 0 Å². The van der Waals surface area contributed by atoms with Crippen LogP contribution in [-0.4, -0.2) is 52.9 Å². The molecule has 0 aromatic carbocycles. The summed E-state index contributed by atoms with van der Waals surface area (Å²) in [5.41, 5.74) is 0. The van der Waals surface area contributed by atoms with Crippen molar-refractivity contribution in [1.29, 1.82) is 0 Å². The highest BCUT2D eigenvalue weighted by Crippen LogP contribution is 2.15. The summed E-state index contributed by atoms with van der Waals surface area (Å²) in [6, 6.07) is 0. The minimum Gasteiger partial charge on any atom is -0.395 e. The maximum atomic E-state index is 11.8. The van der Waals surface area contributed by atoms with Crippen LogP contribution in [0.25, 0.3) is 0 Å². The van der Waals surface area contributed by atoms with Crippen molar-refractivity contribution in [3.8, 4) is 0 Å². The molecule has 1 aromatic rings. The first-order valence-electron chi connectivity index (χ1n) is 4.64. The number of carbonyl (C=O) groups excluding carboxylic acids is 1. The number of likely N-dealkylation sites (N-methyl/N-ethyl adjacent to an activating group) is 1. The fourth-order valence-electron chi connectivity index (χ4n) is 1.07. The van der Waals surface area contributed by atoms with Crippen LogP contribution < -0.4 is 5.32 Å². The van der Waals surface area contributed by atoms with Gasteiger partial charge in [0.15, 0.2) is 0 Å². The highest BCUT2D eigenvalue weighted by Gasteiger charge is 2.18. The van der Waals surface area contributed by atoms with E-state index in [1.807, 2.05) is 6.92 Å². The molecule has 0 saturated heterocycles. The SMILES string of the molecule is CCN(CCO)C(=O)c1nnc(NC)s1. The van der Waals surface area contributed by atoms with Gasteiger partial charge in [0.05, 0.1) is 6.61 Å². The van der Waals surface area contributed by atoms with Gasteiger partial charge in [0.2, 0.25) is 10.1 Å². The van der Waals surface area contributed by atoms with Crippen molar-refractivity contribution in [2.24, 2.45) is 0 Å². The molecule has 0 saturated carbocycles.